The van der Waals surface area contributed by atoms with Crippen LogP contribution in [0.2, 0.25) is 0 Å². The van der Waals surface area contributed by atoms with E-state index >= 15 is 0 Å². The first-order valence-electron chi connectivity index (χ1n) is 18.3. The first-order chi connectivity index (χ1) is 19.7. The summed E-state index contributed by atoms with van der Waals surface area (Å²) in [6.07, 6.45) is 40.8. The lowest BCUT2D eigenvalue weighted by Crippen LogP contribution is -1.95. The maximum atomic E-state index is 12.7. The number of hydrogen-bond acceptors (Lipinski definition) is 2. The summed E-state index contributed by atoms with van der Waals surface area (Å²) in [6.45, 7) is 6.79. The average molecular weight is 575 g/mol. The van der Waals surface area contributed by atoms with Crippen LogP contribution in [0, 0.1) is 6.92 Å². The molecule has 0 aliphatic carbocycles. The number of hydrogen-bond donors (Lipinski definition) is 0. The molecule has 0 N–H and O–H groups in total. The number of carbonyl (C=O) groups excluding carboxylic acids is 1. The van der Waals surface area contributed by atoms with Gasteiger partial charge in [0.15, 0.2) is 5.78 Å². The quantitative estimate of drug-likeness (QED) is 0.0636. The molecule has 0 saturated heterocycles. The van der Waals surface area contributed by atoms with Crippen LogP contribution >= 0.6 is 11.3 Å². The van der Waals surface area contributed by atoms with Gasteiger partial charge in [-0.1, -0.05) is 181 Å². The van der Waals surface area contributed by atoms with E-state index in [1.165, 1.54) is 190 Å². The molecule has 0 aliphatic heterocycles. The molecule has 0 aliphatic rings. The van der Waals surface area contributed by atoms with E-state index in [-0.39, 0.29) is 0 Å². The van der Waals surface area contributed by atoms with Gasteiger partial charge in [-0.2, -0.15) is 0 Å². The molecule has 2 heteroatoms. The molecule has 1 aromatic heterocycles. The predicted molar refractivity (Wildman–Crippen MR) is 182 cm³/mol. The van der Waals surface area contributed by atoms with Crippen molar-refractivity contribution in [2.75, 3.05) is 0 Å². The van der Waals surface area contributed by atoms with Crippen molar-refractivity contribution in [1.29, 1.82) is 0 Å². The highest BCUT2D eigenvalue weighted by Gasteiger charge is 2.12. The first-order valence-corrected chi connectivity index (χ1v) is 19.1. The zero-order valence-corrected chi connectivity index (χ0v) is 28.4. The number of unbranched alkanes of at least 4 members (excludes halogenated alkanes) is 26. The van der Waals surface area contributed by atoms with Crippen LogP contribution in [0.25, 0.3) is 0 Å². The van der Waals surface area contributed by atoms with E-state index in [0.29, 0.717) is 5.78 Å². The van der Waals surface area contributed by atoms with Crippen molar-refractivity contribution in [3.8, 4) is 0 Å². The molecule has 1 aromatic rings. The second-order valence-corrected chi connectivity index (χ2v) is 14.0. The Hall–Kier alpha value is -0.630. The second-order valence-electron chi connectivity index (χ2n) is 12.8. The fourth-order valence-electron chi connectivity index (χ4n) is 5.99. The van der Waals surface area contributed by atoms with Crippen molar-refractivity contribution in [2.24, 2.45) is 0 Å². The third-order valence-corrected chi connectivity index (χ3v) is 10.1. The summed E-state index contributed by atoms with van der Waals surface area (Å²) in [7, 11) is 0. The highest BCUT2D eigenvalue weighted by molar-refractivity contribution is 7.14. The number of Topliss-reactive ketones (excluding diaryl/α,β-unsaturated/α-hetero) is 1. The van der Waals surface area contributed by atoms with E-state index in [4.69, 9.17) is 0 Å². The van der Waals surface area contributed by atoms with Gasteiger partial charge in [-0.25, -0.2) is 0 Å². The molecule has 0 saturated carbocycles. The van der Waals surface area contributed by atoms with Crippen LogP contribution in [-0.4, -0.2) is 5.78 Å². The van der Waals surface area contributed by atoms with Crippen molar-refractivity contribution in [2.45, 2.75) is 213 Å². The lowest BCUT2D eigenvalue weighted by Gasteiger charge is -2.03. The third kappa shape index (κ3) is 22.0. The molecule has 1 rings (SSSR count). The molecule has 0 spiro atoms. The van der Waals surface area contributed by atoms with E-state index in [1.54, 1.807) is 11.3 Å². The van der Waals surface area contributed by atoms with E-state index < -0.39 is 0 Å². The normalized spacial score (nSPS) is 11.5. The Bertz CT molecular complexity index is 675. The highest BCUT2D eigenvalue weighted by Crippen LogP contribution is 2.26. The van der Waals surface area contributed by atoms with E-state index in [0.717, 1.165) is 17.7 Å². The minimum absolute atomic E-state index is 0.388. The Morgan fingerprint density at radius 2 is 0.825 bits per heavy atom. The number of carbonyl (C=O) groups is 1. The molecule has 0 bridgehead atoms. The lowest BCUT2D eigenvalue weighted by molar-refractivity contribution is 0.0983. The molecule has 0 fully saturated rings. The van der Waals surface area contributed by atoms with Crippen LogP contribution in [-0.2, 0) is 6.42 Å². The summed E-state index contributed by atoms with van der Waals surface area (Å²) in [4.78, 5) is 15.2. The largest absolute Gasteiger partial charge is 0.293 e. The van der Waals surface area contributed by atoms with Crippen LogP contribution in [0.5, 0.6) is 0 Å². The maximum Gasteiger partial charge on any atom is 0.172 e. The van der Waals surface area contributed by atoms with Crippen molar-refractivity contribution < 1.29 is 4.79 Å². The van der Waals surface area contributed by atoms with Crippen molar-refractivity contribution in [3.63, 3.8) is 0 Å². The van der Waals surface area contributed by atoms with Crippen LogP contribution < -0.4 is 0 Å². The van der Waals surface area contributed by atoms with Gasteiger partial charge < -0.3 is 0 Å². The number of thiophene rings is 1. The Labute approximate surface area is 256 Å². The van der Waals surface area contributed by atoms with Gasteiger partial charge in [-0.15, -0.1) is 11.3 Å². The fraction of sp³-hybridized carbons (Fsp3) is 0.868. The van der Waals surface area contributed by atoms with Crippen LogP contribution in [0.15, 0.2) is 6.07 Å². The Morgan fingerprint density at radius 3 is 1.20 bits per heavy atom. The Kier molecular flexibility index (Phi) is 26.6. The number of ketones is 1. The molecular formula is C38H70OS. The zero-order chi connectivity index (χ0) is 28.9. The van der Waals surface area contributed by atoms with Crippen molar-refractivity contribution in [1.82, 2.24) is 0 Å². The van der Waals surface area contributed by atoms with Crippen LogP contribution in [0.3, 0.4) is 0 Å². The minimum Gasteiger partial charge on any atom is -0.293 e. The summed E-state index contributed by atoms with van der Waals surface area (Å²) >= 11 is 1.79. The van der Waals surface area contributed by atoms with E-state index in [1.807, 2.05) is 0 Å². The minimum atomic E-state index is 0.388. The fourth-order valence-corrected chi connectivity index (χ4v) is 7.17. The standard InChI is InChI=1S/C38H70OS/c1-4-6-8-10-12-14-16-18-19-21-22-24-26-28-30-32-36(39)38-34-35(3)37(40-38)33-31-29-27-25-23-20-17-15-13-11-9-7-5-2/h34H,4-33H2,1-3H3. The molecule has 0 aromatic carbocycles. The second kappa shape index (κ2) is 28.5. The number of aryl methyl sites for hydroxylation is 2. The van der Waals surface area contributed by atoms with Crippen LogP contribution in [0.1, 0.15) is 220 Å². The summed E-state index contributed by atoms with van der Waals surface area (Å²) in [6, 6.07) is 2.18. The third-order valence-electron chi connectivity index (χ3n) is 8.81. The summed E-state index contributed by atoms with van der Waals surface area (Å²) in [5.74, 6) is 0.388. The summed E-state index contributed by atoms with van der Waals surface area (Å²) < 4.78 is 0. The maximum absolute atomic E-state index is 12.7. The zero-order valence-electron chi connectivity index (χ0n) is 27.6. The molecule has 0 amide bonds. The highest BCUT2D eigenvalue weighted by atomic mass is 32.1. The molecule has 0 atom stereocenters. The monoisotopic (exact) mass is 575 g/mol. The van der Waals surface area contributed by atoms with Gasteiger partial charge in [0.2, 0.25) is 0 Å². The molecule has 234 valence electrons. The van der Waals surface area contributed by atoms with Gasteiger partial charge >= 0.3 is 0 Å². The molecule has 0 radical (unpaired) electrons. The first kappa shape index (κ1) is 37.4. The van der Waals surface area contributed by atoms with Gasteiger partial charge in [-0.3, -0.25) is 4.79 Å². The number of rotatable bonds is 31. The molecule has 0 unspecified atom stereocenters. The van der Waals surface area contributed by atoms with E-state index in [2.05, 4.69) is 26.8 Å². The topological polar surface area (TPSA) is 17.1 Å². The lowest BCUT2D eigenvalue weighted by atomic mass is 10.0. The molecule has 40 heavy (non-hydrogen) atoms. The Morgan fingerprint density at radius 1 is 0.500 bits per heavy atom. The Balaban J connectivity index is 1.94. The average Bonchev–Trinajstić information content (AvgIpc) is 3.33. The predicted octanol–water partition coefficient (Wildman–Crippen LogP) is 14.1. The SMILES string of the molecule is CCCCCCCCCCCCCCCCCC(=O)c1cc(C)c(CCCCCCCCCCCCCCC)s1. The van der Waals surface area contributed by atoms with Gasteiger partial charge in [0.1, 0.15) is 0 Å². The summed E-state index contributed by atoms with van der Waals surface area (Å²) in [5, 5.41) is 0. The molecular weight excluding hydrogens is 504 g/mol. The molecule has 1 heterocycles. The van der Waals surface area contributed by atoms with E-state index in [9.17, 15) is 4.79 Å². The van der Waals surface area contributed by atoms with Crippen LogP contribution in [0.4, 0.5) is 0 Å². The van der Waals surface area contributed by atoms with Gasteiger partial charge in [0.25, 0.3) is 0 Å². The van der Waals surface area contributed by atoms with Gasteiger partial charge in [0, 0.05) is 11.3 Å². The summed E-state index contributed by atoms with van der Waals surface area (Å²) in [5.41, 5.74) is 1.35. The van der Waals surface area contributed by atoms with Crippen molar-refractivity contribution >= 4 is 17.1 Å². The molecule has 1 nitrogen and oxygen atoms in total. The van der Waals surface area contributed by atoms with Crippen molar-refractivity contribution in [3.05, 3.63) is 21.4 Å². The smallest absolute Gasteiger partial charge is 0.172 e. The van der Waals surface area contributed by atoms with Gasteiger partial charge in [-0.05, 0) is 37.8 Å². The van der Waals surface area contributed by atoms with Gasteiger partial charge in [0.05, 0.1) is 4.88 Å².